The molecular weight excluding hydrogens is 382 g/mol. The highest BCUT2D eigenvalue weighted by molar-refractivity contribution is 9.11. The zero-order valence-corrected chi connectivity index (χ0v) is 15.0. The number of hydrogen-bond acceptors (Lipinski definition) is 5. The van der Waals surface area contributed by atoms with Crippen LogP contribution in [0.15, 0.2) is 30.5 Å². The third-order valence-electron chi connectivity index (χ3n) is 3.61. The molecule has 0 aromatic carbocycles. The van der Waals surface area contributed by atoms with Gasteiger partial charge in [-0.15, -0.1) is 11.3 Å². The van der Waals surface area contributed by atoms with E-state index in [4.69, 9.17) is 0 Å². The molecule has 3 heterocycles. The molecule has 8 heteroatoms. The molecule has 0 fully saturated rings. The van der Waals surface area contributed by atoms with Crippen LogP contribution in [0.5, 0.6) is 0 Å². The highest BCUT2D eigenvalue weighted by atomic mass is 79.9. The maximum atomic E-state index is 12.6. The maximum Gasteiger partial charge on any atom is 0.332 e. The van der Waals surface area contributed by atoms with Crippen molar-refractivity contribution in [2.45, 2.75) is 19.9 Å². The van der Waals surface area contributed by atoms with Crippen LogP contribution in [0, 0.1) is 0 Å². The second-order valence-corrected chi connectivity index (χ2v) is 7.51. The number of nitrogens with one attached hydrogen (secondary N) is 1. The summed E-state index contributed by atoms with van der Waals surface area (Å²) in [5, 5.41) is 4.85. The van der Waals surface area contributed by atoms with Gasteiger partial charge in [-0.2, -0.15) is 0 Å². The number of carbonyl (C=O) groups excluding carboxylic acids is 1. The van der Waals surface area contributed by atoms with E-state index in [1.807, 2.05) is 18.4 Å². The largest absolute Gasteiger partial charge is 0.338 e. The van der Waals surface area contributed by atoms with Gasteiger partial charge >= 0.3 is 5.69 Å². The third-order valence-corrected chi connectivity index (χ3v) is 5.14. The van der Waals surface area contributed by atoms with Gasteiger partial charge < -0.3 is 5.32 Å². The molecule has 0 spiro atoms. The van der Waals surface area contributed by atoms with Crippen LogP contribution in [-0.2, 0) is 13.6 Å². The van der Waals surface area contributed by atoms with Crippen LogP contribution in [0.2, 0.25) is 0 Å². The Balaban J connectivity index is 2.17. The van der Waals surface area contributed by atoms with E-state index >= 15 is 0 Å². The molecule has 6 nitrogen and oxygen atoms in total. The van der Waals surface area contributed by atoms with Crippen LogP contribution >= 0.6 is 27.3 Å². The number of halogens is 1. The molecule has 0 unspecified atom stereocenters. The van der Waals surface area contributed by atoms with Gasteiger partial charge in [0.2, 0.25) is 5.78 Å². The van der Waals surface area contributed by atoms with Crippen molar-refractivity contribution >= 4 is 44.9 Å². The highest BCUT2D eigenvalue weighted by Crippen LogP contribution is 2.28. The van der Waals surface area contributed by atoms with Gasteiger partial charge in [-0.3, -0.25) is 18.7 Å². The summed E-state index contributed by atoms with van der Waals surface area (Å²) in [5.41, 5.74) is 0.200. The SMILES string of the molecule is CCCn1c2c(c(=O)n(C)c1=O)C(=O)/C(=C/c1csc(Br)c1)N2. The van der Waals surface area contributed by atoms with Crippen LogP contribution in [-0.4, -0.2) is 14.9 Å². The average Bonchev–Trinajstić information content (AvgIpc) is 3.06. The van der Waals surface area contributed by atoms with Crippen molar-refractivity contribution < 1.29 is 4.79 Å². The van der Waals surface area contributed by atoms with Crippen molar-refractivity contribution in [3.63, 3.8) is 0 Å². The normalized spacial score (nSPS) is 15.1. The van der Waals surface area contributed by atoms with Crippen LogP contribution in [0.1, 0.15) is 29.3 Å². The van der Waals surface area contributed by atoms with Crippen molar-refractivity contribution in [3.8, 4) is 0 Å². The quantitative estimate of drug-likeness (QED) is 0.809. The van der Waals surface area contributed by atoms with Gasteiger partial charge in [-0.05, 0) is 45.4 Å². The first-order valence-electron chi connectivity index (χ1n) is 7.05. The number of rotatable bonds is 3. The molecule has 1 aliphatic rings. The average molecular weight is 396 g/mol. The fourth-order valence-corrected chi connectivity index (χ4v) is 3.65. The Bertz CT molecular complexity index is 952. The summed E-state index contributed by atoms with van der Waals surface area (Å²) >= 11 is 4.88. The number of hydrogen-bond donors (Lipinski definition) is 1. The van der Waals surface area contributed by atoms with E-state index in [1.165, 1.54) is 23.0 Å². The summed E-state index contributed by atoms with van der Waals surface area (Å²) in [4.78, 5) is 37.2. The number of Topliss-reactive ketones (excluding diaryl/α,β-unsaturated/α-hetero) is 1. The summed E-state index contributed by atoms with van der Waals surface area (Å²) in [6.07, 6.45) is 2.40. The number of nitrogens with zero attached hydrogens (tertiary/aromatic N) is 2. The summed E-state index contributed by atoms with van der Waals surface area (Å²) in [5.74, 6) is -0.0849. The van der Waals surface area contributed by atoms with Gasteiger partial charge in [-0.1, -0.05) is 6.92 Å². The zero-order chi connectivity index (χ0) is 16.7. The minimum atomic E-state index is -0.565. The maximum absolute atomic E-state index is 12.6. The standard InChI is InChI=1S/C15H14BrN3O3S/c1-3-4-19-13-11(14(21)18(2)15(19)22)12(20)9(17-13)5-8-6-10(16)23-7-8/h5-7,17H,3-4H2,1-2H3/b9-5-. The Labute approximate surface area is 144 Å². The Morgan fingerprint density at radius 1 is 1.35 bits per heavy atom. The molecule has 0 amide bonds. The van der Waals surface area contributed by atoms with Gasteiger partial charge in [0.15, 0.2) is 0 Å². The van der Waals surface area contributed by atoms with Crippen molar-refractivity contribution in [1.82, 2.24) is 9.13 Å². The molecule has 0 saturated heterocycles. The van der Waals surface area contributed by atoms with Crippen molar-refractivity contribution in [2.75, 3.05) is 5.32 Å². The minimum absolute atomic E-state index is 0.0288. The first kappa shape index (κ1) is 15.9. The fraction of sp³-hybridized carbons (Fsp3) is 0.267. The molecular formula is C15H14BrN3O3S. The number of anilines is 1. The topological polar surface area (TPSA) is 73.1 Å². The Hall–Kier alpha value is -1.93. The molecule has 1 N–H and O–H groups in total. The number of thiophene rings is 1. The summed E-state index contributed by atoms with van der Waals surface area (Å²) in [6, 6.07) is 1.88. The molecule has 120 valence electrons. The Kier molecular flexibility index (Phi) is 4.11. The number of fused-ring (bicyclic) bond motifs is 1. The van der Waals surface area contributed by atoms with E-state index in [2.05, 4.69) is 21.2 Å². The summed E-state index contributed by atoms with van der Waals surface area (Å²) in [7, 11) is 1.39. The third kappa shape index (κ3) is 2.61. The predicted octanol–water partition coefficient (Wildman–Crippen LogP) is 2.43. The van der Waals surface area contributed by atoms with Gasteiger partial charge in [0, 0.05) is 13.6 Å². The molecule has 0 saturated carbocycles. The number of aromatic nitrogens is 2. The number of allylic oxidation sites excluding steroid dienone is 1. The second kappa shape index (κ2) is 5.93. The second-order valence-electron chi connectivity index (χ2n) is 5.22. The molecule has 23 heavy (non-hydrogen) atoms. The molecule has 0 bridgehead atoms. The molecule has 2 aromatic rings. The van der Waals surface area contributed by atoms with E-state index in [0.717, 1.165) is 20.3 Å². The van der Waals surface area contributed by atoms with Crippen molar-refractivity contribution in [1.29, 1.82) is 0 Å². The van der Waals surface area contributed by atoms with Gasteiger partial charge in [0.25, 0.3) is 5.56 Å². The van der Waals surface area contributed by atoms with E-state index in [9.17, 15) is 14.4 Å². The van der Waals surface area contributed by atoms with Gasteiger partial charge in [-0.25, -0.2) is 4.79 Å². The lowest BCUT2D eigenvalue weighted by Crippen LogP contribution is -2.40. The first-order valence-corrected chi connectivity index (χ1v) is 8.72. The van der Waals surface area contributed by atoms with E-state index in [1.54, 1.807) is 6.08 Å². The lowest BCUT2D eigenvalue weighted by atomic mass is 10.1. The van der Waals surface area contributed by atoms with Crippen LogP contribution in [0.3, 0.4) is 0 Å². The van der Waals surface area contributed by atoms with Crippen LogP contribution in [0.25, 0.3) is 6.08 Å². The van der Waals surface area contributed by atoms with Crippen LogP contribution < -0.4 is 16.6 Å². The number of ketones is 1. The van der Waals surface area contributed by atoms with Gasteiger partial charge in [0.1, 0.15) is 11.4 Å². The lowest BCUT2D eigenvalue weighted by Gasteiger charge is -2.11. The molecule has 1 aliphatic heterocycles. The molecule has 0 aliphatic carbocycles. The number of carbonyl (C=O) groups is 1. The van der Waals surface area contributed by atoms with E-state index in [-0.39, 0.29) is 11.3 Å². The molecule has 3 rings (SSSR count). The van der Waals surface area contributed by atoms with Gasteiger partial charge in [0.05, 0.1) is 9.48 Å². The molecule has 0 atom stereocenters. The monoisotopic (exact) mass is 395 g/mol. The van der Waals surface area contributed by atoms with Crippen LogP contribution in [0.4, 0.5) is 5.82 Å². The zero-order valence-electron chi connectivity index (χ0n) is 12.6. The highest BCUT2D eigenvalue weighted by Gasteiger charge is 2.32. The molecule has 2 aromatic heterocycles. The predicted molar refractivity (Wildman–Crippen MR) is 94.2 cm³/mol. The van der Waals surface area contributed by atoms with Crippen molar-refractivity contribution in [2.24, 2.45) is 7.05 Å². The van der Waals surface area contributed by atoms with Crippen molar-refractivity contribution in [3.05, 3.63) is 52.9 Å². The fourth-order valence-electron chi connectivity index (χ4n) is 2.52. The summed E-state index contributed by atoms with van der Waals surface area (Å²) < 4.78 is 3.38. The molecule has 0 radical (unpaired) electrons. The lowest BCUT2D eigenvalue weighted by molar-refractivity contribution is 0.104. The first-order chi connectivity index (χ1) is 10.9. The van der Waals surface area contributed by atoms with E-state index in [0.29, 0.717) is 18.1 Å². The Morgan fingerprint density at radius 3 is 2.70 bits per heavy atom. The summed E-state index contributed by atoms with van der Waals surface area (Å²) in [6.45, 7) is 2.37. The van der Waals surface area contributed by atoms with E-state index < -0.39 is 11.2 Å². The minimum Gasteiger partial charge on any atom is -0.338 e. The smallest absolute Gasteiger partial charge is 0.332 e. The Morgan fingerprint density at radius 2 is 2.09 bits per heavy atom.